The molecule has 24 heavy (non-hydrogen) atoms. The molecule has 1 aromatic carbocycles. The molecule has 0 N–H and O–H groups in total. The highest BCUT2D eigenvalue weighted by atomic mass is 16.5. The lowest BCUT2D eigenvalue weighted by molar-refractivity contribution is -0.142. The third-order valence-corrected chi connectivity index (χ3v) is 3.89. The maximum atomic E-state index is 12.3. The van der Waals surface area contributed by atoms with Crippen molar-refractivity contribution >= 4 is 23.6 Å². The molecule has 1 amide bonds. The Morgan fingerprint density at radius 2 is 2.08 bits per heavy atom. The van der Waals surface area contributed by atoms with Gasteiger partial charge in [-0.25, -0.2) is 4.79 Å². The summed E-state index contributed by atoms with van der Waals surface area (Å²) in [7, 11) is 0. The van der Waals surface area contributed by atoms with E-state index in [9.17, 15) is 9.59 Å². The summed E-state index contributed by atoms with van der Waals surface area (Å²) >= 11 is 0. The highest BCUT2D eigenvalue weighted by Gasteiger charge is 2.22. The Morgan fingerprint density at radius 1 is 1.25 bits per heavy atom. The molecule has 0 atom stereocenters. The maximum Gasteiger partial charge on any atom is 0.331 e. The monoisotopic (exact) mass is 325 g/mol. The number of amides is 1. The second-order valence-corrected chi connectivity index (χ2v) is 5.67. The van der Waals surface area contributed by atoms with E-state index < -0.39 is 5.97 Å². The van der Waals surface area contributed by atoms with Gasteiger partial charge in [0.1, 0.15) is 11.5 Å². The number of hydrogen-bond acceptors (Lipinski definition) is 4. The van der Waals surface area contributed by atoms with Crippen molar-refractivity contribution in [2.75, 3.05) is 18.1 Å². The van der Waals surface area contributed by atoms with E-state index in [2.05, 4.69) is 0 Å². The maximum absolute atomic E-state index is 12.3. The number of carbonyl (C=O) groups excluding carboxylic acids is 2. The van der Waals surface area contributed by atoms with Crippen molar-refractivity contribution in [3.8, 4) is 0 Å². The first kappa shape index (κ1) is 16.1. The first-order chi connectivity index (χ1) is 11.6. The quantitative estimate of drug-likeness (QED) is 0.640. The lowest BCUT2D eigenvalue weighted by atomic mass is 10.0. The average molecular weight is 325 g/mol. The Bertz CT molecular complexity index is 775. The van der Waals surface area contributed by atoms with Gasteiger partial charge in [0.05, 0.1) is 0 Å². The minimum absolute atomic E-state index is 0.210. The van der Waals surface area contributed by atoms with Crippen LogP contribution in [-0.2, 0) is 20.7 Å². The minimum Gasteiger partial charge on any atom is -0.462 e. The lowest BCUT2D eigenvalue weighted by Crippen LogP contribution is -2.38. The third-order valence-electron chi connectivity index (χ3n) is 3.89. The van der Waals surface area contributed by atoms with E-state index in [0.717, 1.165) is 29.9 Å². The second kappa shape index (κ2) is 7.17. The number of hydrogen-bond donors (Lipinski definition) is 0. The molecule has 0 saturated heterocycles. The Morgan fingerprint density at radius 3 is 2.88 bits per heavy atom. The van der Waals surface area contributed by atoms with Gasteiger partial charge in [0.2, 0.25) is 0 Å². The van der Waals surface area contributed by atoms with Crippen LogP contribution in [0.5, 0.6) is 0 Å². The molecule has 0 unspecified atom stereocenters. The Hall–Kier alpha value is -2.82. The summed E-state index contributed by atoms with van der Waals surface area (Å²) < 4.78 is 10.4. The van der Waals surface area contributed by atoms with Crippen LogP contribution in [0.3, 0.4) is 0 Å². The number of ether oxygens (including phenoxy) is 1. The van der Waals surface area contributed by atoms with Crippen molar-refractivity contribution in [1.29, 1.82) is 0 Å². The fourth-order valence-corrected chi connectivity index (χ4v) is 2.74. The molecule has 0 spiro atoms. The van der Waals surface area contributed by atoms with Gasteiger partial charge in [-0.05, 0) is 49.6 Å². The molecule has 1 aliphatic rings. The number of rotatable bonds is 4. The fraction of sp³-hybridized carbons (Fsp3) is 0.263. The van der Waals surface area contributed by atoms with E-state index >= 15 is 0 Å². The molecule has 2 aromatic rings. The number of anilines is 1. The highest BCUT2D eigenvalue weighted by molar-refractivity contribution is 5.97. The van der Waals surface area contributed by atoms with E-state index in [1.165, 1.54) is 12.2 Å². The van der Waals surface area contributed by atoms with Gasteiger partial charge >= 0.3 is 5.97 Å². The molecule has 0 saturated carbocycles. The van der Waals surface area contributed by atoms with Crippen LogP contribution in [0, 0.1) is 6.92 Å². The van der Waals surface area contributed by atoms with Crippen molar-refractivity contribution in [2.45, 2.75) is 19.8 Å². The molecule has 0 radical (unpaired) electrons. The first-order valence-corrected chi connectivity index (χ1v) is 7.93. The number of esters is 1. The Labute approximate surface area is 140 Å². The minimum atomic E-state index is -0.567. The van der Waals surface area contributed by atoms with Crippen LogP contribution in [-0.4, -0.2) is 25.0 Å². The number of para-hydroxylation sites is 1. The van der Waals surface area contributed by atoms with Crippen LogP contribution in [0.4, 0.5) is 5.69 Å². The van der Waals surface area contributed by atoms with Crippen LogP contribution < -0.4 is 4.90 Å². The summed E-state index contributed by atoms with van der Waals surface area (Å²) in [6.07, 6.45) is 4.66. The Kier molecular flexibility index (Phi) is 4.79. The number of nitrogens with zero attached hydrogens (tertiary/aromatic N) is 1. The van der Waals surface area contributed by atoms with Gasteiger partial charge in [-0.2, -0.15) is 0 Å². The summed E-state index contributed by atoms with van der Waals surface area (Å²) in [5.74, 6) is 0.558. The van der Waals surface area contributed by atoms with Crippen LogP contribution >= 0.6 is 0 Å². The molecule has 1 aromatic heterocycles. The number of benzene rings is 1. The van der Waals surface area contributed by atoms with E-state index in [-0.39, 0.29) is 12.5 Å². The average Bonchev–Trinajstić information content (AvgIpc) is 3.02. The number of carbonyl (C=O) groups is 2. The second-order valence-electron chi connectivity index (χ2n) is 5.67. The van der Waals surface area contributed by atoms with Crippen LogP contribution in [0.25, 0.3) is 6.08 Å². The lowest BCUT2D eigenvalue weighted by Gasteiger charge is -2.29. The number of aryl methyl sites for hydroxylation is 2. The zero-order valence-corrected chi connectivity index (χ0v) is 13.5. The third kappa shape index (κ3) is 3.74. The normalized spacial score (nSPS) is 13.8. The molecular weight excluding hydrogens is 306 g/mol. The van der Waals surface area contributed by atoms with Crippen molar-refractivity contribution in [3.63, 3.8) is 0 Å². The molecule has 5 heteroatoms. The van der Waals surface area contributed by atoms with Gasteiger partial charge in [-0.3, -0.25) is 4.79 Å². The van der Waals surface area contributed by atoms with Gasteiger partial charge in [-0.15, -0.1) is 0 Å². The zero-order valence-electron chi connectivity index (χ0n) is 13.5. The summed E-state index contributed by atoms with van der Waals surface area (Å²) in [5.41, 5.74) is 2.06. The van der Waals surface area contributed by atoms with Gasteiger partial charge in [-0.1, -0.05) is 18.2 Å². The van der Waals surface area contributed by atoms with Crippen molar-refractivity contribution in [1.82, 2.24) is 0 Å². The highest BCUT2D eigenvalue weighted by Crippen LogP contribution is 2.26. The molecule has 2 heterocycles. The fourth-order valence-electron chi connectivity index (χ4n) is 2.74. The summed E-state index contributed by atoms with van der Waals surface area (Å²) in [4.78, 5) is 25.8. The predicted molar refractivity (Wildman–Crippen MR) is 90.6 cm³/mol. The molecule has 1 aliphatic heterocycles. The number of furan rings is 1. The van der Waals surface area contributed by atoms with E-state index in [1.54, 1.807) is 11.0 Å². The molecule has 0 bridgehead atoms. The van der Waals surface area contributed by atoms with Gasteiger partial charge in [0.15, 0.2) is 6.61 Å². The van der Waals surface area contributed by atoms with E-state index in [1.807, 2.05) is 37.3 Å². The summed E-state index contributed by atoms with van der Waals surface area (Å²) in [6.45, 7) is 2.20. The molecule has 5 nitrogen and oxygen atoms in total. The van der Waals surface area contributed by atoms with Crippen LogP contribution in [0.15, 0.2) is 46.9 Å². The first-order valence-electron chi connectivity index (χ1n) is 7.93. The van der Waals surface area contributed by atoms with Gasteiger partial charge < -0.3 is 14.1 Å². The van der Waals surface area contributed by atoms with Crippen LogP contribution in [0.2, 0.25) is 0 Å². The summed E-state index contributed by atoms with van der Waals surface area (Å²) in [6, 6.07) is 11.4. The van der Waals surface area contributed by atoms with Crippen molar-refractivity contribution in [2.24, 2.45) is 0 Å². The van der Waals surface area contributed by atoms with Crippen molar-refractivity contribution in [3.05, 3.63) is 59.6 Å². The standard InChI is InChI=1S/C19H19NO4/c1-14-8-9-16(24-14)10-11-19(22)23-13-18(21)20-12-4-6-15-5-2-3-7-17(15)20/h2-3,5,7-11H,4,6,12-13H2,1H3/b11-10+. The van der Waals surface area contributed by atoms with Gasteiger partial charge in [0, 0.05) is 18.3 Å². The SMILES string of the molecule is Cc1ccc(/C=C/C(=O)OCC(=O)N2CCCc3ccccc32)o1. The largest absolute Gasteiger partial charge is 0.462 e. The molecule has 0 fully saturated rings. The van der Waals surface area contributed by atoms with E-state index in [4.69, 9.17) is 9.15 Å². The van der Waals surface area contributed by atoms with Crippen LogP contribution in [0.1, 0.15) is 23.5 Å². The summed E-state index contributed by atoms with van der Waals surface area (Å²) in [5, 5.41) is 0. The van der Waals surface area contributed by atoms with Crippen molar-refractivity contribution < 1.29 is 18.7 Å². The zero-order chi connectivity index (χ0) is 16.9. The molecule has 0 aliphatic carbocycles. The topological polar surface area (TPSA) is 59.8 Å². The molecule has 3 rings (SSSR count). The predicted octanol–water partition coefficient (Wildman–Crippen LogP) is 3.12. The number of fused-ring (bicyclic) bond motifs is 1. The molecular formula is C19H19NO4. The smallest absolute Gasteiger partial charge is 0.331 e. The Balaban J connectivity index is 1.56. The van der Waals surface area contributed by atoms with E-state index in [0.29, 0.717) is 12.3 Å². The van der Waals surface area contributed by atoms with Gasteiger partial charge in [0.25, 0.3) is 5.91 Å². The molecule has 124 valence electrons.